The lowest BCUT2D eigenvalue weighted by molar-refractivity contribution is -0.305. The number of carbonyl (C=O) groups is 1. The number of rotatable bonds is 49. The maximum Gasteiger partial charge on any atom is 0.306 e. The number of unbranched alkanes of at least 4 members (excludes halogenated alkanes) is 36. The van der Waals surface area contributed by atoms with Gasteiger partial charge in [-0.1, -0.05) is 238 Å². The zero-order valence-electron chi connectivity index (χ0n) is 42.1. The second kappa shape index (κ2) is 47.0. The minimum Gasteiger partial charge on any atom is -0.457 e. The van der Waals surface area contributed by atoms with Crippen LogP contribution in [-0.2, 0) is 23.7 Å². The monoisotopic (exact) mass is 911 g/mol. The van der Waals surface area contributed by atoms with E-state index in [9.17, 15) is 25.2 Å². The molecule has 6 unspecified atom stereocenters. The van der Waals surface area contributed by atoms with Gasteiger partial charge in [0.1, 0.15) is 30.5 Å². The third kappa shape index (κ3) is 37.0. The van der Waals surface area contributed by atoms with Gasteiger partial charge in [0.2, 0.25) is 0 Å². The second-order valence-corrected chi connectivity index (χ2v) is 19.4. The fraction of sp³-hybridized carbons (Fsp3) is 0.945. The summed E-state index contributed by atoms with van der Waals surface area (Å²) in [6.07, 6.45) is 48.2. The molecule has 1 heterocycles. The number of carbonyl (C=O) groups excluding carboxylic acids is 1. The van der Waals surface area contributed by atoms with Crippen molar-refractivity contribution < 1.29 is 44.2 Å². The lowest BCUT2D eigenvalue weighted by Crippen LogP contribution is -2.59. The van der Waals surface area contributed by atoms with E-state index in [2.05, 4.69) is 26.0 Å². The normalized spacial score (nSPS) is 19.5. The van der Waals surface area contributed by atoms with Crippen LogP contribution >= 0.6 is 0 Å². The molecule has 0 radical (unpaired) electrons. The summed E-state index contributed by atoms with van der Waals surface area (Å²) >= 11 is 0. The number of allylic oxidation sites excluding steroid dienone is 2. The smallest absolute Gasteiger partial charge is 0.306 e. The molecule has 9 nitrogen and oxygen atoms in total. The minimum absolute atomic E-state index is 0.107. The van der Waals surface area contributed by atoms with Crippen LogP contribution in [0.4, 0.5) is 0 Å². The largest absolute Gasteiger partial charge is 0.457 e. The van der Waals surface area contributed by atoms with Crippen molar-refractivity contribution in [3.63, 3.8) is 0 Å². The Morgan fingerprint density at radius 2 is 0.859 bits per heavy atom. The average Bonchev–Trinajstić information content (AvgIpc) is 3.30. The zero-order valence-corrected chi connectivity index (χ0v) is 42.1. The van der Waals surface area contributed by atoms with Gasteiger partial charge in [0.25, 0.3) is 0 Å². The van der Waals surface area contributed by atoms with Crippen molar-refractivity contribution in [2.24, 2.45) is 0 Å². The maximum absolute atomic E-state index is 12.9. The van der Waals surface area contributed by atoms with Gasteiger partial charge in [0.05, 0.1) is 19.8 Å². The molecule has 0 aromatic carbocycles. The van der Waals surface area contributed by atoms with E-state index < -0.39 is 43.4 Å². The molecule has 64 heavy (non-hydrogen) atoms. The molecule has 1 aliphatic heterocycles. The van der Waals surface area contributed by atoms with E-state index in [0.29, 0.717) is 13.0 Å². The van der Waals surface area contributed by atoms with Crippen molar-refractivity contribution in [1.29, 1.82) is 0 Å². The highest BCUT2D eigenvalue weighted by molar-refractivity contribution is 5.69. The highest BCUT2D eigenvalue weighted by Crippen LogP contribution is 2.23. The van der Waals surface area contributed by atoms with Gasteiger partial charge in [-0.25, -0.2) is 0 Å². The molecule has 4 N–H and O–H groups in total. The Bertz CT molecular complexity index is 993. The van der Waals surface area contributed by atoms with Crippen LogP contribution in [0.25, 0.3) is 0 Å². The summed E-state index contributed by atoms with van der Waals surface area (Å²) in [6, 6.07) is 0. The zero-order chi connectivity index (χ0) is 46.4. The number of hydrogen-bond donors (Lipinski definition) is 4. The summed E-state index contributed by atoms with van der Waals surface area (Å²) in [5.41, 5.74) is 0. The van der Waals surface area contributed by atoms with Crippen molar-refractivity contribution in [1.82, 2.24) is 0 Å². The molecule has 1 rings (SSSR count). The van der Waals surface area contributed by atoms with Gasteiger partial charge in [0, 0.05) is 13.0 Å². The van der Waals surface area contributed by atoms with Gasteiger partial charge in [-0.05, 0) is 38.5 Å². The molecule has 1 saturated heterocycles. The molecule has 1 fully saturated rings. The van der Waals surface area contributed by atoms with Crippen molar-refractivity contribution >= 4 is 5.97 Å². The SMILES string of the molecule is CCCCCCCCCC/C=C\CCCCCCCCCCCCOCC(COC1OC(CO)C(O)C(O)C1O)OC(=O)CCCCCCCCCCCCCCCCCCCCC. The molecule has 380 valence electrons. The lowest BCUT2D eigenvalue weighted by Gasteiger charge is -2.39. The van der Waals surface area contributed by atoms with Crippen molar-refractivity contribution in [2.45, 2.75) is 307 Å². The molecular formula is C55H106O9. The van der Waals surface area contributed by atoms with E-state index in [1.807, 2.05) is 0 Å². The fourth-order valence-electron chi connectivity index (χ4n) is 8.84. The van der Waals surface area contributed by atoms with Crippen molar-refractivity contribution in [3.8, 4) is 0 Å². The Kier molecular flexibility index (Phi) is 44.8. The van der Waals surface area contributed by atoms with E-state index in [1.165, 1.54) is 218 Å². The number of esters is 1. The minimum atomic E-state index is -1.53. The Morgan fingerprint density at radius 1 is 0.484 bits per heavy atom. The van der Waals surface area contributed by atoms with E-state index in [0.717, 1.165) is 32.1 Å². The van der Waals surface area contributed by atoms with Crippen LogP contribution in [0, 0.1) is 0 Å². The quantitative estimate of drug-likeness (QED) is 0.0267. The average molecular weight is 911 g/mol. The van der Waals surface area contributed by atoms with Gasteiger partial charge < -0.3 is 39.4 Å². The molecule has 0 amide bonds. The maximum atomic E-state index is 12.9. The molecule has 0 spiro atoms. The first-order chi connectivity index (χ1) is 31.4. The third-order valence-electron chi connectivity index (χ3n) is 13.2. The Hall–Kier alpha value is -1.07. The van der Waals surface area contributed by atoms with Crippen LogP contribution in [0.1, 0.15) is 271 Å². The topological polar surface area (TPSA) is 135 Å². The summed E-state index contributed by atoms with van der Waals surface area (Å²) in [6.45, 7) is 4.62. The standard InChI is InChI=1S/C55H106O9/c1-3-5-7-9-11-13-15-17-19-21-23-24-25-27-29-31-33-35-37-39-41-43-45-61-47-49(48-62-55-54(60)53(59)52(58)50(46-56)64-55)63-51(57)44-42-40-38-36-34-32-30-28-26-22-20-18-16-14-12-10-8-6-4-2/h21,23,49-50,52-56,58-60H,3-20,22,24-48H2,1-2H3/b23-21-. The van der Waals surface area contributed by atoms with Crippen LogP contribution in [0.5, 0.6) is 0 Å². The van der Waals surface area contributed by atoms with Crippen LogP contribution in [0.3, 0.4) is 0 Å². The molecule has 6 atom stereocenters. The Morgan fingerprint density at radius 3 is 1.27 bits per heavy atom. The lowest BCUT2D eigenvalue weighted by atomic mass is 9.99. The molecule has 0 aromatic rings. The van der Waals surface area contributed by atoms with Crippen LogP contribution in [-0.4, -0.2) is 89.6 Å². The highest BCUT2D eigenvalue weighted by Gasteiger charge is 2.44. The summed E-state index contributed by atoms with van der Waals surface area (Å²) in [5, 5.41) is 40.3. The van der Waals surface area contributed by atoms with Crippen molar-refractivity contribution in [2.75, 3.05) is 26.4 Å². The molecule has 9 heteroatoms. The number of aliphatic hydroxyl groups excluding tert-OH is 4. The predicted octanol–water partition coefficient (Wildman–Crippen LogP) is 13.9. The molecular weight excluding hydrogens is 805 g/mol. The molecule has 0 bridgehead atoms. The Labute approximate surface area is 395 Å². The number of ether oxygens (including phenoxy) is 4. The number of aliphatic hydroxyl groups is 4. The molecule has 1 aliphatic rings. The van der Waals surface area contributed by atoms with Gasteiger partial charge in [-0.2, -0.15) is 0 Å². The van der Waals surface area contributed by atoms with E-state index in [-0.39, 0.29) is 19.2 Å². The van der Waals surface area contributed by atoms with Gasteiger partial charge in [0.15, 0.2) is 6.29 Å². The highest BCUT2D eigenvalue weighted by atomic mass is 16.7. The first-order valence-corrected chi connectivity index (χ1v) is 27.8. The van der Waals surface area contributed by atoms with Gasteiger partial charge >= 0.3 is 5.97 Å². The van der Waals surface area contributed by atoms with Crippen LogP contribution in [0.15, 0.2) is 12.2 Å². The molecule has 0 aromatic heterocycles. The van der Waals surface area contributed by atoms with E-state index >= 15 is 0 Å². The molecule has 0 saturated carbocycles. The number of hydrogen-bond acceptors (Lipinski definition) is 9. The van der Waals surface area contributed by atoms with Crippen LogP contribution < -0.4 is 0 Å². The van der Waals surface area contributed by atoms with E-state index in [4.69, 9.17) is 18.9 Å². The third-order valence-corrected chi connectivity index (χ3v) is 13.2. The van der Waals surface area contributed by atoms with Gasteiger partial charge in [-0.3, -0.25) is 4.79 Å². The van der Waals surface area contributed by atoms with Crippen LogP contribution in [0.2, 0.25) is 0 Å². The summed E-state index contributed by atoms with van der Waals surface area (Å²) < 4.78 is 23.0. The molecule has 0 aliphatic carbocycles. The first-order valence-electron chi connectivity index (χ1n) is 27.8. The predicted molar refractivity (Wildman–Crippen MR) is 266 cm³/mol. The fourth-order valence-corrected chi connectivity index (χ4v) is 8.84. The summed E-state index contributed by atoms with van der Waals surface area (Å²) in [5.74, 6) is -0.306. The van der Waals surface area contributed by atoms with E-state index in [1.54, 1.807) is 0 Å². The second-order valence-electron chi connectivity index (χ2n) is 19.4. The summed E-state index contributed by atoms with van der Waals surface area (Å²) in [7, 11) is 0. The van der Waals surface area contributed by atoms with Gasteiger partial charge in [-0.15, -0.1) is 0 Å². The first kappa shape index (κ1) is 60.9. The van der Waals surface area contributed by atoms with Crippen molar-refractivity contribution in [3.05, 3.63) is 12.2 Å². The Balaban J connectivity index is 2.16. The summed E-state index contributed by atoms with van der Waals surface area (Å²) in [4.78, 5) is 12.9.